The molecule has 0 heterocycles. The lowest BCUT2D eigenvalue weighted by Crippen LogP contribution is -2.30. The molecule has 1 atom stereocenters. The normalized spacial score (nSPS) is 12.1. The zero-order chi connectivity index (χ0) is 47.2. The van der Waals surface area contributed by atoms with E-state index in [0.717, 1.165) is 51.4 Å². The Bertz CT molecular complexity index is 1050. The predicted octanol–water partition coefficient (Wildman–Crippen LogP) is 19.1. The lowest BCUT2D eigenvalue weighted by Gasteiger charge is -2.18. The van der Waals surface area contributed by atoms with Gasteiger partial charge in [0.2, 0.25) is 0 Å². The fraction of sp³-hybridized carbons (Fsp3) is 0.881. The summed E-state index contributed by atoms with van der Waals surface area (Å²) in [7, 11) is 0. The molecule has 0 bridgehead atoms. The Balaban J connectivity index is 4.35. The minimum absolute atomic E-state index is 0.0825. The molecule has 6 heteroatoms. The molecule has 0 fully saturated rings. The van der Waals surface area contributed by atoms with Crippen molar-refractivity contribution in [2.24, 2.45) is 0 Å². The van der Waals surface area contributed by atoms with E-state index in [1.54, 1.807) is 0 Å². The Morgan fingerprint density at radius 3 is 0.938 bits per heavy atom. The second-order valence-electron chi connectivity index (χ2n) is 19.6. The first-order chi connectivity index (χ1) is 32.0. The molecule has 0 aliphatic carbocycles. The molecule has 6 nitrogen and oxygen atoms in total. The fourth-order valence-corrected chi connectivity index (χ4v) is 8.62. The van der Waals surface area contributed by atoms with E-state index in [1.165, 1.54) is 218 Å². The first-order valence-corrected chi connectivity index (χ1v) is 28.8. The molecular formula is C59H110O6. The van der Waals surface area contributed by atoms with Crippen molar-refractivity contribution in [1.29, 1.82) is 0 Å². The van der Waals surface area contributed by atoms with Gasteiger partial charge in [-0.1, -0.05) is 283 Å². The summed E-state index contributed by atoms with van der Waals surface area (Å²) in [4.78, 5) is 38.1. The average Bonchev–Trinajstić information content (AvgIpc) is 3.30. The van der Waals surface area contributed by atoms with Gasteiger partial charge in [-0.3, -0.25) is 14.4 Å². The Morgan fingerprint density at radius 1 is 0.308 bits per heavy atom. The van der Waals surface area contributed by atoms with Gasteiger partial charge >= 0.3 is 17.9 Å². The first-order valence-electron chi connectivity index (χ1n) is 28.8. The van der Waals surface area contributed by atoms with Gasteiger partial charge in [-0.15, -0.1) is 0 Å². The van der Waals surface area contributed by atoms with Crippen LogP contribution in [0.1, 0.15) is 316 Å². The topological polar surface area (TPSA) is 78.9 Å². The van der Waals surface area contributed by atoms with Gasteiger partial charge in [-0.25, -0.2) is 0 Å². The van der Waals surface area contributed by atoms with E-state index in [9.17, 15) is 14.4 Å². The highest BCUT2D eigenvalue weighted by Gasteiger charge is 2.19. The number of rotatable bonds is 53. The predicted molar refractivity (Wildman–Crippen MR) is 279 cm³/mol. The van der Waals surface area contributed by atoms with E-state index in [4.69, 9.17) is 14.2 Å². The van der Waals surface area contributed by atoms with Gasteiger partial charge in [0.15, 0.2) is 6.10 Å². The van der Waals surface area contributed by atoms with Gasteiger partial charge in [-0.2, -0.15) is 0 Å². The van der Waals surface area contributed by atoms with Crippen LogP contribution in [-0.2, 0) is 28.6 Å². The van der Waals surface area contributed by atoms with Gasteiger partial charge in [0.25, 0.3) is 0 Å². The number of allylic oxidation sites excluding steroid dienone is 4. The Morgan fingerprint density at radius 2 is 0.585 bits per heavy atom. The number of hydrogen-bond donors (Lipinski definition) is 0. The molecular weight excluding hydrogens is 805 g/mol. The van der Waals surface area contributed by atoms with Gasteiger partial charge < -0.3 is 14.2 Å². The van der Waals surface area contributed by atoms with Crippen molar-refractivity contribution in [3.63, 3.8) is 0 Å². The van der Waals surface area contributed by atoms with Crippen LogP contribution in [0, 0.1) is 0 Å². The van der Waals surface area contributed by atoms with Crippen molar-refractivity contribution >= 4 is 17.9 Å². The lowest BCUT2D eigenvalue weighted by atomic mass is 10.0. The summed E-state index contributed by atoms with van der Waals surface area (Å²) in [5.74, 6) is -0.932. The lowest BCUT2D eigenvalue weighted by molar-refractivity contribution is -0.166. The van der Waals surface area contributed by atoms with Crippen LogP contribution >= 0.6 is 0 Å². The maximum absolute atomic E-state index is 12.8. The number of ether oxygens (including phenoxy) is 3. The maximum atomic E-state index is 12.8. The highest BCUT2D eigenvalue weighted by atomic mass is 16.6. The van der Waals surface area contributed by atoms with Crippen LogP contribution in [0.2, 0.25) is 0 Å². The Kier molecular flexibility index (Phi) is 52.7. The maximum Gasteiger partial charge on any atom is 0.306 e. The summed E-state index contributed by atoms with van der Waals surface area (Å²) >= 11 is 0. The minimum atomic E-state index is -0.788. The van der Waals surface area contributed by atoms with E-state index in [0.29, 0.717) is 19.3 Å². The van der Waals surface area contributed by atoms with Crippen molar-refractivity contribution in [3.05, 3.63) is 24.3 Å². The largest absolute Gasteiger partial charge is 0.462 e. The molecule has 1 unspecified atom stereocenters. The number of unbranched alkanes of at least 4 members (excludes halogenated alkanes) is 38. The molecule has 0 aromatic carbocycles. The molecule has 0 saturated carbocycles. The second-order valence-corrected chi connectivity index (χ2v) is 19.6. The van der Waals surface area contributed by atoms with Crippen molar-refractivity contribution < 1.29 is 28.6 Å². The molecule has 0 spiro atoms. The van der Waals surface area contributed by atoms with Crippen LogP contribution < -0.4 is 0 Å². The van der Waals surface area contributed by atoms with Crippen molar-refractivity contribution in [3.8, 4) is 0 Å². The van der Waals surface area contributed by atoms with Crippen LogP contribution in [0.4, 0.5) is 0 Å². The van der Waals surface area contributed by atoms with Crippen LogP contribution in [0.3, 0.4) is 0 Å². The Hall–Kier alpha value is -2.11. The van der Waals surface area contributed by atoms with E-state index in [2.05, 4.69) is 39.0 Å². The quantitative estimate of drug-likeness (QED) is 0.0262. The summed E-state index contributed by atoms with van der Waals surface area (Å²) in [5, 5.41) is 0. The smallest absolute Gasteiger partial charge is 0.306 e. The van der Waals surface area contributed by atoms with E-state index >= 15 is 0 Å². The van der Waals surface area contributed by atoms with Crippen molar-refractivity contribution in [1.82, 2.24) is 0 Å². The summed E-state index contributed by atoms with van der Waals surface area (Å²) < 4.78 is 16.8. The molecule has 0 N–H and O–H groups in total. The van der Waals surface area contributed by atoms with Gasteiger partial charge in [0.1, 0.15) is 13.2 Å². The third-order valence-electron chi connectivity index (χ3n) is 13.0. The summed E-state index contributed by atoms with van der Waals surface area (Å²) in [6.07, 6.45) is 63.3. The molecule has 0 amide bonds. The Labute approximate surface area is 404 Å². The monoisotopic (exact) mass is 915 g/mol. The zero-order valence-electron chi connectivity index (χ0n) is 43.8. The highest BCUT2D eigenvalue weighted by Crippen LogP contribution is 2.17. The number of esters is 3. The number of carbonyl (C=O) groups is 3. The number of hydrogen-bond acceptors (Lipinski definition) is 6. The third kappa shape index (κ3) is 52.7. The van der Waals surface area contributed by atoms with Crippen molar-refractivity contribution in [2.45, 2.75) is 322 Å². The molecule has 0 aromatic heterocycles. The van der Waals surface area contributed by atoms with Gasteiger partial charge in [0, 0.05) is 19.3 Å². The van der Waals surface area contributed by atoms with Crippen LogP contribution in [0.15, 0.2) is 24.3 Å². The van der Waals surface area contributed by atoms with Crippen LogP contribution in [0.5, 0.6) is 0 Å². The minimum Gasteiger partial charge on any atom is -0.462 e. The molecule has 0 aromatic rings. The summed E-state index contributed by atoms with van der Waals surface area (Å²) in [6.45, 7) is 6.63. The molecule has 0 aliphatic rings. The van der Waals surface area contributed by atoms with Crippen LogP contribution in [0.25, 0.3) is 0 Å². The molecule has 0 saturated heterocycles. The molecule has 0 rings (SSSR count). The van der Waals surface area contributed by atoms with E-state index < -0.39 is 6.10 Å². The third-order valence-corrected chi connectivity index (χ3v) is 13.0. The highest BCUT2D eigenvalue weighted by molar-refractivity contribution is 5.71. The molecule has 0 aliphatic heterocycles. The SMILES string of the molecule is CCCCCCCC/C=C/C/C=C/CCC(=O)OCC(COC(=O)CCCCCCCCCCCCCCCCCCC)OC(=O)CCCCCCCCCCCCCCCCCCC. The van der Waals surface area contributed by atoms with Crippen LogP contribution in [-0.4, -0.2) is 37.2 Å². The number of carbonyl (C=O) groups excluding carboxylic acids is 3. The zero-order valence-corrected chi connectivity index (χ0v) is 43.8. The van der Waals surface area contributed by atoms with E-state index in [-0.39, 0.29) is 37.5 Å². The van der Waals surface area contributed by atoms with E-state index in [1.807, 2.05) is 6.08 Å². The average molecular weight is 916 g/mol. The first kappa shape index (κ1) is 62.9. The van der Waals surface area contributed by atoms with Gasteiger partial charge in [0.05, 0.1) is 0 Å². The van der Waals surface area contributed by atoms with Crippen molar-refractivity contribution in [2.75, 3.05) is 13.2 Å². The summed E-state index contributed by atoms with van der Waals surface area (Å²) in [6, 6.07) is 0. The summed E-state index contributed by atoms with van der Waals surface area (Å²) in [5.41, 5.74) is 0. The molecule has 0 radical (unpaired) electrons. The standard InChI is InChI=1S/C59H110O6/c1-4-7-10-13-16-19-22-25-27-29-31-34-37-40-43-46-49-52-58(61)64-55-56(54-63-57(60)51-48-45-42-39-36-33-24-21-18-15-12-9-6-3)65-59(62)53-50-47-44-41-38-35-32-30-28-26-23-20-17-14-11-8-5-2/h33,36,42,45,56H,4-32,34-35,37-41,43-44,46-55H2,1-3H3/b36-33+,45-42+. The molecule has 65 heavy (non-hydrogen) atoms. The second kappa shape index (κ2) is 54.5. The molecule has 382 valence electrons. The fourth-order valence-electron chi connectivity index (χ4n) is 8.62. The van der Waals surface area contributed by atoms with Gasteiger partial charge in [-0.05, 0) is 38.5 Å².